The van der Waals surface area contributed by atoms with E-state index in [-0.39, 0.29) is 23.9 Å². The smallest absolute Gasteiger partial charge is 0.272 e. The molecule has 8 heteroatoms. The summed E-state index contributed by atoms with van der Waals surface area (Å²) < 4.78 is 27.5. The normalized spacial score (nSPS) is 16.1. The van der Waals surface area contributed by atoms with Crippen LogP contribution in [0.3, 0.4) is 0 Å². The number of rotatable bonds is 3. The van der Waals surface area contributed by atoms with Crippen LogP contribution in [0.4, 0.5) is 0 Å². The molecule has 0 aliphatic carbocycles. The van der Waals surface area contributed by atoms with Gasteiger partial charge >= 0.3 is 0 Å². The van der Waals surface area contributed by atoms with Gasteiger partial charge in [0.1, 0.15) is 5.69 Å². The molecule has 6 nitrogen and oxygen atoms in total. The van der Waals surface area contributed by atoms with E-state index in [4.69, 9.17) is 0 Å². The Morgan fingerprint density at radius 1 is 1.00 bits per heavy atom. The van der Waals surface area contributed by atoms with Crippen LogP contribution < -0.4 is 0 Å². The maximum atomic E-state index is 12.6. The van der Waals surface area contributed by atoms with Gasteiger partial charge in [-0.3, -0.25) is 9.78 Å². The number of hydrogen-bond donors (Lipinski definition) is 0. The van der Waals surface area contributed by atoms with Gasteiger partial charge in [0, 0.05) is 36.8 Å². The molecule has 1 aromatic heterocycles. The number of amides is 1. The number of aromatic nitrogens is 1. The molecule has 24 heavy (non-hydrogen) atoms. The summed E-state index contributed by atoms with van der Waals surface area (Å²) in [6.07, 6.45) is 1.57. The summed E-state index contributed by atoms with van der Waals surface area (Å²) in [6.45, 7) is 1.25. The van der Waals surface area contributed by atoms with Gasteiger partial charge in [-0.2, -0.15) is 4.31 Å². The van der Waals surface area contributed by atoms with Crippen LogP contribution in [0.25, 0.3) is 0 Å². The fraction of sp³-hybridized carbons (Fsp3) is 0.250. The number of carbonyl (C=O) groups excluding carboxylic acids is 1. The third-order valence-corrected chi connectivity index (χ3v) is 6.30. The third-order valence-electron chi connectivity index (χ3n) is 3.86. The Bertz CT molecular complexity index is 817. The lowest BCUT2D eigenvalue weighted by atomic mass is 10.3. The van der Waals surface area contributed by atoms with Crippen LogP contribution in [0, 0.1) is 0 Å². The molecule has 2 heterocycles. The minimum Gasteiger partial charge on any atom is -0.335 e. The van der Waals surface area contributed by atoms with E-state index >= 15 is 0 Å². The maximum Gasteiger partial charge on any atom is 0.272 e. The molecule has 3 rings (SSSR count). The molecule has 1 saturated heterocycles. The van der Waals surface area contributed by atoms with Gasteiger partial charge in [-0.05, 0) is 36.4 Å². The predicted octanol–water partition coefficient (Wildman–Crippen LogP) is 1.99. The average Bonchev–Trinajstić information content (AvgIpc) is 2.62. The second-order valence-corrected chi connectivity index (χ2v) is 8.22. The standard InChI is InChI=1S/C16H16BrN3O3S/c17-13-4-6-14(7-5-13)24(22,23)20-11-9-19(10-12-20)16(21)15-3-1-2-8-18-15/h1-8H,9-12H2. The highest BCUT2D eigenvalue weighted by Crippen LogP contribution is 2.20. The zero-order valence-electron chi connectivity index (χ0n) is 12.8. The molecule has 0 radical (unpaired) electrons. The molecule has 0 saturated carbocycles. The van der Waals surface area contributed by atoms with Crippen molar-refractivity contribution in [2.24, 2.45) is 0 Å². The lowest BCUT2D eigenvalue weighted by molar-refractivity contribution is 0.0692. The minimum atomic E-state index is -3.53. The second kappa shape index (κ2) is 7.00. The van der Waals surface area contributed by atoms with Crippen LogP contribution in [0.15, 0.2) is 58.0 Å². The molecule has 126 valence electrons. The third kappa shape index (κ3) is 3.50. The van der Waals surface area contributed by atoms with Crippen LogP contribution in [0.2, 0.25) is 0 Å². The quantitative estimate of drug-likeness (QED) is 0.776. The highest BCUT2D eigenvalue weighted by atomic mass is 79.9. The van der Waals surface area contributed by atoms with Gasteiger partial charge in [0.2, 0.25) is 10.0 Å². The summed E-state index contributed by atoms with van der Waals surface area (Å²) in [5.41, 5.74) is 0.377. The van der Waals surface area contributed by atoms with Crippen molar-refractivity contribution in [3.05, 3.63) is 58.8 Å². The lowest BCUT2D eigenvalue weighted by Gasteiger charge is -2.33. The van der Waals surface area contributed by atoms with E-state index in [9.17, 15) is 13.2 Å². The van der Waals surface area contributed by atoms with E-state index in [0.717, 1.165) is 4.47 Å². The van der Waals surface area contributed by atoms with Crippen molar-refractivity contribution in [2.45, 2.75) is 4.90 Å². The van der Waals surface area contributed by atoms with Gasteiger partial charge in [0.05, 0.1) is 4.90 Å². The molecule has 0 unspecified atom stereocenters. The van der Waals surface area contributed by atoms with Crippen molar-refractivity contribution < 1.29 is 13.2 Å². The summed E-state index contributed by atoms with van der Waals surface area (Å²) in [6, 6.07) is 11.7. The second-order valence-electron chi connectivity index (χ2n) is 5.37. The Morgan fingerprint density at radius 2 is 1.67 bits per heavy atom. The molecule has 1 aromatic carbocycles. The van der Waals surface area contributed by atoms with Crippen LogP contribution in [-0.2, 0) is 10.0 Å². The largest absolute Gasteiger partial charge is 0.335 e. The summed E-state index contributed by atoms with van der Waals surface area (Å²) in [5.74, 6) is -0.170. The first kappa shape index (κ1) is 17.1. The van der Waals surface area contributed by atoms with E-state index in [0.29, 0.717) is 18.8 Å². The van der Waals surface area contributed by atoms with Crippen molar-refractivity contribution in [3.63, 3.8) is 0 Å². The fourth-order valence-electron chi connectivity index (χ4n) is 2.54. The number of halogens is 1. The van der Waals surface area contributed by atoms with Gasteiger partial charge in [-0.25, -0.2) is 8.42 Å². The number of benzene rings is 1. The van der Waals surface area contributed by atoms with Gasteiger partial charge in [-0.15, -0.1) is 0 Å². The van der Waals surface area contributed by atoms with Crippen molar-refractivity contribution in [3.8, 4) is 0 Å². The predicted molar refractivity (Wildman–Crippen MR) is 93.0 cm³/mol. The molecule has 0 bridgehead atoms. The average molecular weight is 410 g/mol. The summed E-state index contributed by atoms with van der Waals surface area (Å²) in [5, 5.41) is 0. The molecule has 0 spiro atoms. The number of sulfonamides is 1. The number of hydrogen-bond acceptors (Lipinski definition) is 4. The number of pyridine rings is 1. The molecule has 0 atom stereocenters. The molecule has 0 N–H and O–H groups in total. The molecule has 1 fully saturated rings. The summed E-state index contributed by atoms with van der Waals surface area (Å²) >= 11 is 3.30. The first-order chi connectivity index (χ1) is 11.5. The SMILES string of the molecule is O=C(c1ccccn1)N1CCN(S(=O)(=O)c2ccc(Br)cc2)CC1. The molecular formula is C16H16BrN3O3S. The van der Waals surface area contributed by atoms with Gasteiger partial charge in [0.15, 0.2) is 0 Å². The van der Waals surface area contributed by atoms with Crippen molar-refractivity contribution in [1.29, 1.82) is 0 Å². The van der Waals surface area contributed by atoms with E-state index in [2.05, 4.69) is 20.9 Å². The highest BCUT2D eigenvalue weighted by Gasteiger charge is 2.30. The summed E-state index contributed by atoms with van der Waals surface area (Å²) in [7, 11) is -3.53. The summed E-state index contributed by atoms with van der Waals surface area (Å²) in [4.78, 5) is 18.3. The van der Waals surface area contributed by atoms with Gasteiger partial charge < -0.3 is 4.90 Å². The van der Waals surface area contributed by atoms with E-state index in [1.54, 1.807) is 53.6 Å². The van der Waals surface area contributed by atoms with E-state index in [1.807, 2.05) is 0 Å². The Balaban J connectivity index is 1.68. The fourth-order valence-corrected chi connectivity index (χ4v) is 4.22. The number of nitrogens with zero attached hydrogens (tertiary/aromatic N) is 3. The molecular weight excluding hydrogens is 394 g/mol. The maximum absolute atomic E-state index is 12.6. The highest BCUT2D eigenvalue weighted by molar-refractivity contribution is 9.10. The van der Waals surface area contributed by atoms with Crippen LogP contribution in [-0.4, -0.2) is 54.7 Å². The van der Waals surface area contributed by atoms with Crippen molar-refractivity contribution >= 4 is 31.9 Å². The van der Waals surface area contributed by atoms with Crippen LogP contribution in [0.1, 0.15) is 10.5 Å². The van der Waals surface area contributed by atoms with Crippen molar-refractivity contribution in [1.82, 2.24) is 14.2 Å². The topological polar surface area (TPSA) is 70.6 Å². The molecule has 1 aliphatic heterocycles. The minimum absolute atomic E-state index is 0.170. The Morgan fingerprint density at radius 3 is 2.25 bits per heavy atom. The number of carbonyl (C=O) groups is 1. The van der Waals surface area contributed by atoms with Crippen LogP contribution >= 0.6 is 15.9 Å². The van der Waals surface area contributed by atoms with E-state index in [1.165, 1.54) is 4.31 Å². The lowest BCUT2D eigenvalue weighted by Crippen LogP contribution is -2.50. The Labute approximate surface area is 149 Å². The first-order valence-corrected chi connectivity index (χ1v) is 9.68. The first-order valence-electron chi connectivity index (χ1n) is 7.44. The monoisotopic (exact) mass is 409 g/mol. The van der Waals surface area contributed by atoms with Gasteiger partial charge in [-0.1, -0.05) is 22.0 Å². The Kier molecular flexibility index (Phi) is 4.98. The zero-order chi connectivity index (χ0) is 17.2. The van der Waals surface area contributed by atoms with Gasteiger partial charge in [0.25, 0.3) is 5.91 Å². The van der Waals surface area contributed by atoms with Crippen molar-refractivity contribution in [2.75, 3.05) is 26.2 Å². The van der Waals surface area contributed by atoms with E-state index < -0.39 is 10.0 Å². The zero-order valence-corrected chi connectivity index (χ0v) is 15.2. The Hall–Kier alpha value is -1.77. The molecule has 2 aromatic rings. The number of piperazine rings is 1. The van der Waals surface area contributed by atoms with Crippen LogP contribution in [0.5, 0.6) is 0 Å². The molecule has 1 amide bonds. The molecule has 1 aliphatic rings.